The van der Waals surface area contributed by atoms with Crippen LogP contribution in [0, 0.1) is 17.2 Å². The fraction of sp³-hybridized carbons (Fsp3) is 0.519. The number of rotatable bonds is 8. The number of carbonyl (C=O) groups excluding carboxylic acids is 3. The smallest absolute Gasteiger partial charge is 0.344 e. The van der Waals surface area contributed by atoms with Crippen LogP contribution in [0.2, 0.25) is 0 Å². The van der Waals surface area contributed by atoms with Crippen molar-refractivity contribution in [2.45, 2.75) is 99.5 Å². The van der Waals surface area contributed by atoms with Gasteiger partial charge >= 0.3 is 17.9 Å². The zero-order valence-corrected chi connectivity index (χ0v) is 38.9. The van der Waals surface area contributed by atoms with Crippen molar-refractivity contribution in [3.8, 4) is 16.9 Å². The molecule has 1 unspecified atom stereocenters. The number of aliphatic hydroxyl groups is 2. The second-order valence-corrected chi connectivity index (χ2v) is 19.9. The lowest BCUT2D eigenvalue weighted by Crippen LogP contribution is -2.81. The SMILES string of the molecule is CC[C@]1(O)C[C@H]2CN(CCc3c([nH]c4ccc(-c5ccc(F)cc5)cc34)[C@@](C(=O)OC)(c3cc4c(cc3OC)N(C)[C@H]3[C@@](O)(C(=O)OC)[C@H](OC(C)=O)[C@]5(CC)C=CCN6CC[C@]43[C@@H]65)C2)C1. The largest absolute Gasteiger partial charge is 0.496 e. The van der Waals surface area contributed by atoms with Crippen molar-refractivity contribution in [2.24, 2.45) is 11.3 Å². The number of aromatic amines is 1. The number of hydrogen-bond donors (Lipinski definition) is 3. The number of nitrogens with zero attached hydrogens (tertiary/aromatic N) is 3. The van der Waals surface area contributed by atoms with Gasteiger partial charge in [0.05, 0.1) is 33.0 Å². The van der Waals surface area contributed by atoms with Crippen LogP contribution in [0.4, 0.5) is 10.1 Å². The number of likely N-dealkylation sites (N-methyl/N-ethyl adjacent to an activating group) is 1. The summed E-state index contributed by atoms with van der Waals surface area (Å²) in [4.78, 5) is 53.6. The summed E-state index contributed by atoms with van der Waals surface area (Å²) in [6.45, 7) is 8.34. The summed E-state index contributed by atoms with van der Waals surface area (Å²) in [7, 11) is 6.09. The van der Waals surface area contributed by atoms with Gasteiger partial charge in [0.25, 0.3) is 0 Å². The third-order valence-electron chi connectivity index (χ3n) is 16.9. The van der Waals surface area contributed by atoms with Crippen LogP contribution in [0.15, 0.2) is 66.7 Å². The van der Waals surface area contributed by atoms with E-state index < -0.39 is 57.5 Å². The topological polar surface area (TPSA) is 154 Å². The summed E-state index contributed by atoms with van der Waals surface area (Å²) in [5, 5.41) is 26.5. The summed E-state index contributed by atoms with van der Waals surface area (Å²) < 4.78 is 38.2. The van der Waals surface area contributed by atoms with Crippen molar-refractivity contribution in [3.63, 3.8) is 0 Å². The highest BCUT2D eigenvalue weighted by Gasteiger charge is 2.80. The Kier molecular flexibility index (Phi) is 10.6. The average Bonchev–Trinajstić information content (AvgIpc) is 3.97. The molecular weight excluding hydrogens is 844 g/mol. The number of carbonyl (C=O) groups is 3. The number of esters is 3. The molecule has 14 heteroatoms. The van der Waals surface area contributed by atoms with E-state index in [1.165, 1.54) is 33.3 Å². The van der Waals surface area contributed by atoms with Crippen LogP contribution in [0.25, 0.3) is 22.0 Å². The molecule has 3 aromatic carbocycles. The number of anilines is 1. The molecule has 10 atom stereocenters. The van der Waals surface area contributed by atoms with E-state index in [1.54, 1.807) is 19.2 Å². The molecule has 350 valence electrons. The van der Waals surface area contributed by atoms with E-state index in [1.807, 2.05) is 56.1 Å². The maximum atomic E-state index is 15.6. The maximum Gasteiger partial charge on any atom is 0.344 e. The van der Waals surface area contributed by atoms with Gasteiger partial charge in [0.15, 0.2) is 6.10 Å². The van der Waals surface area contributed by atoms with Crippen LogP contribution in [0.5, 0.6) is 5.75 Å². The normalized spacial score (nSPS) is 34.3. The Labute approximate surface area is 384 Å². The number of H-pyrrole nitrogens is 1. The van der Waals surface area contributed by atoms with Crippen molar-refractivity contribution in [1.29, 1.82) is 0 Å². The minimum atomic E-state index is -2.34. The molecule has 13 nitrogen and oxygen atoms in total. The van der Waals surface area contributed by atoms with Gasteiger partial charge in [-0.05, 0) is 104 Å². The molecule has 2 bridgehead atoms. The van der Waals surface area contributed by atoms with Crippen LogP contribution in [-0.4, -0.2) is 133 Å². The van der Waals surface area contributed by atoms with Crippen molar-refractivity contribution in [2.75, 3.05) is 66.0 Å². The van der Waals surface area contributed by atoms with Crippen LogP contribution in [-0.2, 0) is 45.8 Å². The van der Waals surface area contributed by atoms with Crippen molar-refractivity contribution >= 4 is 34.5 Å². The van der Waals surface area contributed by atoms with Crippen LogP contribution < -0.4 is 9.64 Å². The molecule has 1 saturated carbocycles. The lowest BCUT2D eigenvalue weighted by atomic mass is 9.47. The molecule has 6 heterocycles. The highest BCUT2D eigenvalue weighted by Crippen LogP contribution is 2.68. The molecule has 10 rings (SSSR count). The summed E-state index contributed by atoms with van der Waals surface area (Å²) >= 11 is 0. The molecule has 2 saturated heterocycles. The van der Waals surface area contributed by atoms with Crippen LogP contribution in [0.3, 0.4) is 0 Å². The minimum absolute atomic E-state index is 0.164. The Bertz CT molecular complexity index is 2670. The number of nitrogens with one attached hydrogen (secondary N) is 1. The van der Waals surface area contributed by atoms with Gasteiger partial charge in [0.1, 0.15) is 17.0 Å². The summed E-state index contributed by atoms with van der Waals surface area (Å²) in [6.07, 6.45) is 5.58. The quantitative estimate of drug-likeness (QED) is 0.111. The van der Waals surface area contributed by atoms with Gasteiger partial charge in [-0.25, -0.2) is 9.18 Å². The van der Waals surface area contributed by atoms with Gasteiger partial charge in [-0.3, -0.25) is 19.4 Å². The molecule has 5 aliphatic heterocycles. The molecule has 4 aromatic rings. The Morgan fingerprint density at radius 3 is 2.32 bits per heavy atom. The highest BCUT2D eigenvalue weighted by molar-refractivity contribution is 5.96. The molecule has 1 aromatic heterocycles. The molecule has 0 amide bonds. The van der Waals surface area contributed by atoms with Gasteiger partial charge in [0, 0.05) is 90.9 Å². The predicted molar refractivity (Wildman–Crippen MR) is 246 cm³/mol. The molecule has 1 aliphatic carbocycles. The Morgan fingerprint density at radius 2 is 1.64 bits per heavy atom. The standard InChI is InChI=1S/C52H61FN4O9/c1-8-48(61)26-31-27-51(46(59)64-6,42-35(17-21-56(28-31)29-48)36-23-33(13-16-39(36)54-42)32-11-14-34(53)15-12-32)38-24-37-40(25-41(38)63-5)55(4)44-50(37)19-22-57-20-10-18-49(9-2,43(50)57)45(66-30(3)58)52(44,62)47(60)65-7/h10-16,18,23-25,31,43-45,54,61-62H,8-9,17,19-22,26-29H2,1-7H3/t31-,43+,44-,45-,48+,49-,50-,51+,52+/m1/s1. The summed E-state index contributed by atoms with van der Waals surface area (Å²) in [5.74, 6) is -2.09. The Balaban J connectivity index is 1.27. The zero-order valence-electron chi connectivity index (χ0n) is 38.9. The molecule has 0 radical (unpaired) electrons. The first-order chi connectivity index (χ1) is 31.6. The Morgan fingerprint density at radius 1 is 0.894 bits per heavy atom. The van der Waals surface area contributed by atoms with E-state index in [4.69, 9.17) is 18.9 Å². The maximum absolute atomic E-state index is 15.6. The van der Waals surface area contributed by atoms with Gasteiger partial charge in [0.2, 0.25) is 5.60 Å². The van der Waals surface area contributed by atoms with Gasteiger partial charge < -0.3 is 39.0 Å². The number of fused-ring (bicyclic) bond motifs is 6. The first kappa shape index (κ1) is 44.6. The van der Waals surface area contributed by atoms with Crippen LogP contribution in [0.1, 0.15) is 75.3 Å². The van der Waals surface area contributed by atoms with Gasteiger partial charge in [-0.1, -0.05) is 44.2 Å². The molecular formula is C52H61FN4O9. The first-order valence-corrected chi connectivity index (χ1v) is 23.4. The second-order valence-electron chi connectivity index (χ2n) is 19.9. The Hall–Kier alpha value is -5.28. The number of benzene rings is 3. The molecule has 3 fully saturated rings. The number of aromatic nitrogens is 1. The molecule has 6 aliphatic rings. The lowest BCUT2D eigenvalue weighted by molar-refractivity contribution is -0.228. The van der Waals surface area contributed by atoms with E-state index in [2.05, 4.69) is 26.9 Å². The number of methoxy groups -OCH3 is 3. The van der Waals surface area contributed by atoms with E-state index in [0.29, 0.717) is 87.5 Å². The third-order valence-corrected chi connectivity index (χ3v) is 16.9. The fourth-order valence-corrected chi connectivity index (χ4v) is 14.4. The zero-order chi connectivity index (χ0) is 46.7. The van der Waals surface area contributed by atoms with E-state index in [9.17, 15) is 24.2 Å². The molecule has 66 heavy (non-hydrogen) atoms. The number of piperidine rings is 1. The number of ether oxygens (including phenoxy) is 4. The van der Waals surface area contributed by atoms with Crippen molar-refractivity contribution in [1.82, 2.24) is 14.8 Å². The van der Waals surface area contributed by atoms with Crippen molar-refractivity contribution < 1.29 is 47.9 Å². The van der Waals surface area contributed by atoms with Crippen LogP contribution >= 0.6 is 0 Å². The monoisotopic (exact) mass is 904 g/mol. The van der Waals surface area contributed by atoms with E-state index in [-0.39, 0.29) is 24.2 Å². The average molecular weight is 905 g/mol. The van der Waals surface area contributed by atoms with E-state index >= 15 is 4.79 Å². The lowest BCUT2D eigenvalue weighted by Gasteiger charge is -2.63. The van der Waals surface area contributed by atoms with Gasteiger partial charge in [-0.2, -0.15) is 0 Å². The molecule has 1 spiro atoms. The first-order valence-electron chi connectivity index (χ1n) is 23.4. The summed E-state index contributed by atoms with van der Waals surface area (Å²) in [5.41, 5.74) is -0.550. The number of halogens is 1. The van der Waals surface area contributed by atoms with Crippen molar-refractivity contribution in [3.05, 3.63) is 95.0 Å². The minimum Gasteiger partial charge on any atom is -0.496 e. The summed E-state index contributed by atoms with van der Waals surface area (Å²) in [6, 6.07) is 15.2. The highest BCUT2D eigenvalue weighted by atomic mass is 19.1. The molecule has 3 N–H and O–H groups in total. The second kappa shape index (κ2) is 15.6. The number of hydrogen-bond acceptors (Lipinski definition) is 12. The van der Waals surface area contributed by atoms with E-state index in [0.717, 1.165) is 33.2 Å². The predicted octanol–water partition coefficient (Wildman–Crippen LogP) is 5.80. The fourth-order valence-electron chi connectivity index (χ4n) is 14.4. The third kappa shape index (κ3) is 5.99. The van der Waals surface area contributed by atoms with Gasteiger partial charge in [-0.15, -0.1) is 0 Å².